The third-order valence-corrected chi connectivity index (χ3v) is 2.79. The van der Waals surface area contributed by atoms with Crippen molar-refractivity contribution in [2.75, 3.05) is 13.0 Å². The van der Waals surface area contributed by atoms with Gasteiger partial charge in [-0.15, -0.1) is 11.6 Å². The van der Waals surface area contributed by atoms with Crippen molar-refractivity contribution < 1.29 is 4.74 Å². The van der Waals surface area contributed by atoms with Gasteiger partial charge in [-0.1, -0.05) is 23.7 Å². The van der Waals surface area contributed by atoms with Gasteiger partial charge >= 0.3 is 0 Å². The molecule has 3 nitrogen and oxygen atoms in total. The standard InChI is InChI=1S/C12H12Cl2N2O/c1-17-12(16-9(8-13)6-7-15)10-4-2-3-5-11(10)14/h2-5,9H,6,8H2,1H3. The van der Waals surface area contributed by atoms with Crippen molar-refractivity contribution in [2.24, 2.45) is 4.99 Å². The second-order valence-electron chi connectivity index (χ2n) is 3.29. The van der Waals surface area contributed by atoms with E-state index >= 15 is 0 Å². The molecule has 0 saturated carbocycles. The molecule has 90 valence electrons. The van der Waals surface area contributed by atoms with Gasteiger partial charge in [-0.05, 0) is 12.1 Å². The zero-order valence-electron chi connectivity index (χ0n) is 9.36. The molecule has 0 saturated heterocycles. The van der Waals surface area contributed by atoms with E-state index in [1.807, 2.05) is 24.3 Å². The Labute approximate surface area is 111 Å². The minimum atomic E-state index is -0.284. The van der Waals surface area contributed by atoms with Gasteiger partial charge in [0.25, 0.3) is 0 Å². The molecule has 0 bridgehead atoms. The molecule has 0 heterocycles. The Morgan fingerprint density at radius 3 is 2.76 bits per heavy atom. The lowest BCUT2D eigenvalue weighted by molar-refractivity contribution is 0.400. The van der Waals surface area contributed by atoms with Crippen LogP contribution in [0.2, 0.25) is 5.02 Å². The number of nitrogens with zero attached hydrogens (tertiary/aromatic N) is 2. The maximum atomic E-state index is 8.63. The molecule has 17 heavy (non-hydrogen) atoms. The van der Waals surface area contributed by atoms with Crippen molar-refractivity contribution >= 4 is 29.1 Å². The Kier molecular flexibility index (Phi) is 5.82. The fourth-order valence-corrected chi connectivity index (χ4v) is 1.67. The van der Waals surface area contributed by atoms with Crippen LogP contribution in [0, 0.1) is 11.3 Å². The molecule has 1 aromatic rings. The number of hydrogen-bond acceptors (Lipinski definition) is 3. The normalized spacial score (nSPS) is 12.9. The lowest BCUT2D eigenvalue weighted by Crippen LogP contribution is -2.13. The Balaban J connectivity index is 3.03. The van der Waals surface area contributed by atoms with Gasteiger partial charge in [0.1, 0.15) is 0 Å². The maximum absolute atomic E-state index is 8.63. The van der Waals surface area contributed by atoms with Gasteiger partial charge < -0.3 is 4.74 Å². The molecule has 1 atom stereocenters. The van der Waals surface area contributed by atoms with Gasteiger partial charge in [-0.2, -0.15) is 5.26 Å². The van der Waals surface area contributed by atoms with Crippen LogP contribution in [-0.4, -0.2) is 24.9 Å². The lowest BCUT2D eigenvalue weighted by atomic mass is 10.2. The lowest BCUT2D eigenvalue weighted by Gasteiger charge is -2.10. The van der Waals surface area contributed by atoms with Crippen molar-refractivity contribution in [3.63, 3.8) is 0 Å². The highest BCUT2D eigenvalue weighted by Gasteiger charge is 2.12. The summed E-state index contributed by atoms with van der Waals surface area (Å²) in [5.41, 5.74) is 0.699. The molecule has 0 N–H and O–H groups in total. The minimum absolute atomic E-state index is 0.251. The summed E-state index contributed by atoms with van der Waals surface area (Å²) in [5.74, 6) is 0.668. The predicted octanol–water partition coefficient (Wildman–Crippen LogP) is 3.25. The largest absolute Gasteiger partial charge is 0.481 e. The summed E-state index contributed by atoms with van der Waals surface area (Å²) >= 11 is 11.8. The topological polar surface area (TPSA) is 45.4 Å². The van der Waals surface area contributed by atoms with Crippen LogP contribution in [0.5, 0.6) is 0 Å². The molecule has 1 aromatic carbocycles. The molecule has 0 aromatic heterocycles. The summed E-state index contributed by atoms with van der Waals surface area (Å²) in [5, 5.41) is 9.19. The van der Waals surface area contributed by atoms with Gasteiger partial charge in [0.15, 0.2) is 0 Å². The van der Waals surface area contributed by atoms with E-state index in [4.69, 9.17) is 33.2 Å². The zero-order chi connectivity index (χ0) is 12.7. The van der Waals surface area contributed by atoms with E-state index in [2.05, 4.69) is 4.99 Å². The van der Waals surface area contributed by atoms with E-state index in [1.165, 1.54) is 7.11 Å². The summed E-state index contributed by atoms with van der Waals surface area (Å²) in [6.45, 7) is 0. The maximum Gasteiger partial charge on any atom is 0.217 e. The van der Waals surface area contributed by atoms with Gasteiger partial charge in [0, 0.05) is 5.88 Å². The molecule has 0 amide bonds. The first-order valence-electron chi connectivity index (χ1n) is 5.02. The fraction of sp³-hybridized carbons (Fsp3) is 0.333. The first kappa shape index (κ1) is 13.8. The Bertz CT molecular complexity index is 440. The van der Waals surface area contributed by atoms with Crippen molar-refractivity contribution in [1.82, 2.24) is 0 Å². The highest BCUT2D eigenvalue weighted by atomic mass is 35.5. The predicted molar refractivity (Wildman–Crippen MR) is 69.7 cm³/mol. The van der Waals surface area contributed by atoms with Crippen LogP contribution in [0.15, 0.2) is 29.3 Å². The molecule has 1 rings (SSSR count). The number of methoxy groups -OCH3 is 1. The van der Waals surface area contributed by atoms with Crippen molar-refractivity contribution in [3.8, 4) is 6.07 Å². The van der Waals surface area contributed by atoms with Crippen molar-refractivity contribution in [3.05, 3.63) is 34.9 Å². The number of rotatable bonds is 4. The molecule has 0 radical (unpaired) electrons. The summed E-state index contributed by atoms with van der Waals surface area (Å²) in [6.07, 6.45) is 0.251. The zero-order valence-corrected chi connectivity index (χ0v) is 10.9. The second kappa shape index (κ2) is 7.16. The number of hydrogen-bond donors (Lipinski definition) is 0. The van der Waals surface area contributed by atoms with Crippen LogP contribution in [0.25, 0.3) is 0 Å². The van der Waals surface area contributed by atoms with Crippen LogP contribution >= 0.6 is 23.2 Å². The summed E-state index contributed by atoms with van der Waals surface area (Å²) in [7, 11) is 1.51. The minimum Gasteiger partial charge on any atom is -0.481 e. The van der Waals surface area contributed by atoms with Crippen LogP contribution in [-0.2, 0) is 4.74 Å². The summed E-state index contributed by atoms with van der Waals surface area (Å²) < 4.78 is 5.19. The Morgan fingerprint density at radius 1 is 1.53 bits per heavy atom. The van der Waals surface area contributed by atoms with Crippen LogP contribution in [0.3, 0.4) is 0 Å². The first-order valence-corrected chi connectivity index (χ1v) is 5.93. The van der Waals surface area contributed by atoms with Gasteiger partial charge in [0.2, 0.25) is 5.90 Å². The Hall–Kier alpha value is -1.24. The molecule has 0 aliphatic carbocycles. The number of ether oxygens (including phenoxy) is 1. The molecule has 0 aliphatic rings. The summed E-state index contributed by atoms with van der Waals surface area (Å²) in [4.78, 5) is 4.29. The summed E-state index contributed by atoms with van der Waals surface area (Å²) in [6, 6.07) is 8.98. The van der Waals surface area contributed by atoms with E-state index < -0.39 is 0 Å². The van der Waals surface area contributed by atoms with E-state index in [0.717, 1.165) is 0 Å². The molecule has 0 fully saturated rings. The van der Waals surface area contributed by atoms with Gasteiger partial charge in [-0.25, -0.2) is 4.99 Å². The third-order valence-electron chi connectivity index (χ3n) is 2.10. The smallest absolute Gasteiger partial charge is 0.217 e. The van der Waals surface area contributed by atoms with Gasteiger partial charge in [0.05, 0.1) is 36.2 Å². The SMILES string of the molecule is COC(=NC(CCl)CC#N)c1ccccc1Cl. The second-order valence-corrected chi connectivity index (χ2v) is 4.00. The molecule has 0 spiro atoms. The highest BCUT2D eigenvalue weighted by molar-refractivity contribution is 6.33. The molecule has 0 aliphatic heterocycles. The van der Waals surface area contributed by atoms with E-state index in [-0.39, 0.29) is 18.3 Å². The van der Waals surface area contributed by atoms with E-state index in [0.29, 0.717) is 16.5 Å². The average Bonchev–Trinajstić information content (AvgIpc) is 2.35. The molecular formula is C12H12Cl2N2O. The number of benzene rings is 1. The van der Waals surface area contributed by atoms with Crippen LogP contribution < -0.4 is 0 Å². The van der Waals surface area contributed by atoms with Gasteiger partial charge in [-0.3, -0.25) is 0 Å². The Morgan fingerprint density at radius 2 is 2.24 bits per heavy atom. The highest BCUT2D eigenvalue weighted by Crippen LogP contribution is 2.17. The molecular weight excluding hydrogens is 259 g/mol. The van der Waals surface area contributed by atoms with Crippen molar-refractivity contribution in [1.29, 1.82) is 5.26 Å². The number of aliphatic imine (C=N–C) groups is 1. The van der Waals surface area contributed by atoms with Crippen LogP contribution in [0.1, 0.15) is 12.0 Å². The van der Waals surface area contributed by atoms with E-state index in [1.54, 1.807) is 6.07 Å². The molecule has 5 heteroatoms. The quantitative estimate of drug-likeness (QED) is 0.479. The van der Waals surface area contributed by atoms with Crippen molar-refractivity contribution in [2.45, 2.75) is 12.5 Å². The average molecular weight is 271 g/mol. The number of alkyl halides is 1. The number of halogens is 2. The number of nitriles is 1. The van der Waals surface area contributed by atoms with E-state index in [9.17, 15) is 0 Å². The fourth-order valence-electron chi connectivity index (χ4n) is 1.27. The monoisotopic (exact) mass is 270 g/mol. The third kappa shape index (κ3) is 3.92. The molecule has 1 unspecified atom stereocenters. The first-order chi connectivity index (χ1) is 8.22. The van der Waals surface area contributed by atoms with Crippen LogP contribution in [0.4, 0.5) is 0 Å².